The van der Waals surface area contributed by atoms with Crippen LogP contribution < -0.4 is 15.4 Å². The first-order valence-electron chi connectivity index (χ1n) is 10.4. The third-order valence-corrected chi connectivity index (χ3v) is 5.61. The van der Waals surface area contributed by atoms with Crippen LogP contribution in [0, 0.1) is 0 Å². The highest BCUT2D eigenvalue weighted by molar-refractivity contribution is 6.35. The third-order valence-electron chi connectivity index (χ3n) is 5.17. The maximum Gasteiger partial charge on any atom is 0.326 e. The van der Waals surface area contributed by atoms with Gasteiger partial charge in [0.2, 0.25) is 0 Å². The number of carbonyl (C=O) groups excluding carboxylic acids is 2. The number of likely N-dealkylation sites (tertiary alicyclic amines) is 1. The van der Waals surface area contributed by atoms with E-state index in [1.165, 1.54) is 4.90 Å². The lowest BCUT2D eigenvalue weighted by Gasteiger charge is -2.38. The zero-order chi connectivity index (χ0) is 24.2. The molecule has 8 nitrogen and oxygen atoms in total. The standard InChI is InChI=1S/C23H25Cl2N3O5/c1-23(2,21(31)28-10-4-3-5-19(28)20(29)30)33-18-8-6-16(7-9-18)26-22(32)27-17-12-14(24)11-15(25)13-17/h6-9,11-13,19H,3-5,10H2,1-2H3,(H,29,30)(H2,26,27,32). The number of hydrogen-bond donors (Lipinski definition) is 3. The monoisotopic (exact) mass is 493 g/mol. The van der Waals surface area contributed by atoms with Gasteiger partial charge in [-0.05, 0) is 75.6 Å². The van der Waals surface area contributed by atoms with Crippen LogP contribution in [0.15, 0.2) is 42.5 Å². The first-order chi connectivity index (χ1) is 15.5. The SMILES string of the molecule is CC(C)(Oc1ccc(NC(=O)Nc2cc(Cl)cc(Cl)c2)cc1)C(=O)N1CCCCC1C(=O)O. The molecule has 0 spiro atoms. The number of aliphatic carboxylic acids is 1. The number of amides is 3. The van der Waals surface area contributed by atoms with E-state index < -0.39 is 23.6 Å². The topological polar surface area (TPSA) is 108 Å². The van der Waals surface area contributed by atoms with Crippen molar-refractivity contribution in [3.8, 4) is 5.75 Å². The Bertz CT molecular complexity index is 1020. The second kappa shape index (κ2) is 10.3. The minimum Gasteiger partial charge on any atom is -0.480 e. The Labute approximate surface area is 201 Å². The van der Waals surface area contributed by atoms with Crippen LogP contribution in [0.5, 0.6) is 5.75 Å². The van der Waals surface area contributed by atoms with Crippen molar-refractivity contribution >= 4 is 52.5 Å². The molecule has 1 fully saturated rings. The number of halogens is 2. The molecule has 1 aliphatic rings. The molecule has 0 bridgehead atoms. The van der Waals surface area contributed by atoms with Gasteiger partial charge in [0.05, 0.1) is 0 Å². The number of nitrogens with one attached hydrogen (secondary N) is 2. The van der Waals surface area contributed by atoms with E-state index in [2.05, 4.69) is 10.6 Å². The lowest BCUT2D eigenvalue weighted by Crippen LogP contribution is -2.56. The Balaban J connectivity index is 1.61. The molecule has 3 N–H and O–H groups in total. The Kier molecular flexibility index (Phi) is 7.71. The van der Waals surface area contributed by atoms with Gasteiger partial charge in [0, 0.05) is 28.0 Å². The summed E-state index contributed by atoms with van der Waals surface area (Å²) in [4.78, 5) is 38.2. The predicted molar refractivity (Wildman–Crippen MR) is 127 cm³/mol. The van der Waals surface area contributed by atoms with Gasteiger partial charge in [0.1, 0.15) is 11.8 Å². The van der Waals surface area contributed by atoms with Crippen LogP contribution in [0.1, 0.15) is 33.1 Å². The maximum absolute atomic E-state index is 13.0. The lowest BCUT2D eigenvalue weighted by molar-refractivity contribution is -0.159. The van der Waals surface area contributed by atoms with Crippen molar-refractivity contribution in [3.63, 3.8) is 0 Å². The molecule has 0 aromatic heterocycles. The molecule has 1 heterocycles. The zero-order valence-corrected chi connectivity index (χ0v) is 19.7. The molecule has 2 aromatic rings. The van der Waals surface area contributed by atoms with E-state index in [0.717, 1.165) is 12.8 Å². The van der Waals surface area contributed by atoms with Crippen molar-refractivity contribution in [2.75, 3.05) is 17.2 Å². The minimum atomic E-state index is -1.26. The molecule has 1 saturated heterocycles. The number of anilines is 2. The third kappa shape index (κ3) is 6.52. The van der Waals surface area contributed by atoms with Crippen LogP contribution in [-0.2, 0) is 9.59 Å². The fourth-order valence-electron chi connectivity index (χ4n) is 3.64. The highest BCUT2D eigenvalue weighted by Gasteiger charge is 2.40. The molecule has 33 heavy (non-hydrogen) atoms. The van der Waals surface area contributed by atoms with Gasteiger partial charge in [-0.2, -0.15) is 0 Å². The van der Waals surface area contributed by atoms with Crippen molar-refractivity contribution in [3.05, 3.63) is 52.5 Å². The Hall–Kier alpha value is -2.97. The van der Waals surface area contributed by atoms with Crippen LogP contribution >= 0.6 is 23.2 Å². The summed E-state index contributed by atoms with van der Waals surface area (Å²) >= 11 is 11.9. The number of urea groups is 1. The first-order valence-corrected chi connectivity index (χ1v) is 11.2. The van der Waals surface area contributed by atoms with Crippen LogP contribution in [0.3, 0.4) is 0 Å². The van der Waals surface area contributed by atoms with Crippen molar-refractivity contribution in [2.45, 2.75) is 44.8 Å². The highest BCUT2D eigenvalue weighted by Crippen LogP contribution is 2.27. The summed E-state index contributed by atoms with van der Waals surface area (Å²) in [5.74, 6) is -0.978. The number of rotatable bonds is 6. The molecule has 1 atom stereocenters. The van der Waals surface area contributed by atoms with Crippen LogP contribution in [-0.4, -0.2) is 46.1 Å². The molecule has 0 radical (unpaired) electrons. The number of nitrogens with zero attached hydrogens (tertiary/aromatic N) is 1. The fourth-order valence-corrected chi connectivity index (χ4v) is 4.17. The predicted octanol–water partition coefficient (Wildman–Crippen LogP) is 5.26. The van der Waals surface area contributed by atoms with Crippen molar-refractivity contribution < 1.29 is 24.2 Å². The van der Waals surface area contributed by atoms with Gasteiger partial charge in [0.15, 0.2) is 5.60 Å². The average Bonchev–Trinajstić information content (AvgIpc) is 2.73. The van der Waals surface area contributed by atoms with Crippen molar-refractivity contribution in [1.29, 1.82) is 0 Å². The van der Waals surface area contributed by atoms with Crippen LogP contribution in [0.25, 0.3) is 0 Å². The molecule has 0 aliphatic carbocycles. The van der Waals surface area contributed by atoms with Gasteiger partial charge in [-0.25, -0.2) is 9.59 Å². The summed E-state index contributed by atoms with van der Waals surface area (Å²) in [6.45, 7) is 3.61. The van der Waals surface area contributed by atoms with Gasteiger partial charge in [-0.1, -0.05) is 23.2 Å². The number of carbonyl (C=O) groups is 3. The van der Waals surface area contributed by atoms with Gasteiger partial charge in [0.25, 0.3) is 5.91 Å². The molecule has 2 aromatic carbocycles. The molecule has 1 unspecified atom stereocenters. The first kappa shape index (κ1) is 24.7. The van der Waals surface area contributed by atoms with Gasteiger partial charge in [-0.3, -0.25) is 4.79 Å². The summed E-state index contributed by atoms with van der Waals surface area (Å²) in [5.41, 5.74) is -0.315. The number of benzene rings is 2. The molecule has 176 valence electrons. The van der Waals surface area contributed by atoms with E-state index in [1.54, 1.807) is 56.3 Å². The Morgan fingerprint density at radius 2 is 1.61 bits per heavy atom. The highest BCUT2D eigenvalue weighted by atomic mass is 35.5. The smallest absolute Gasteiger partial charge is 0.326 e. The molecule has 3 rings (SSSR count). The molecule has 3 amide bonds. The van der Waals surface area contributed by atoms with E-state index in [-0.39, 0.29) is 5.91 Å². The van der Waals surface area contributed by atoms with Gasteiger partial charge < -0.3 is 25.4 Å². The minimum absolute atomic E-state index is 0.378. The number of ether oxygens (including phenoxy) is 1. The van der Waals surface area contributed by atoms with Crippen LogP contribution in [0.4, 0.5) is 16.2 Å². The van der Waals surface area contributed by atoms with Gasteiger partial charge in [-0.15, -0.1) is 0 Å². The Morgan fingerprint density at radius 1 is 1.00 bits per heavy atom. The number of carboxylic acid groups (broad SMARTS) is 1. The summed E-state index contributed by atoms with van der Waals surface area (Å²) in [6.07, 6.45) is 1.96. The molecular weight excluding hydrogens is 469 g/mol. The quantitative estimate of drug-likeness (QED) is 0.508. The second-order valence-corrected chi connectivity index (χ2v) is 9.10. The van der Waals surface area contributed by atoms with Gasteiger partial charge >= 0.3 is 12.0 Å². The molecule has 1 aliphatic heterocycles. The summed E-state index contributed by atoms with van der Waals surface area (Å²) in [6, 6.07) is 9.86. The summed E-state index contributed by atoms with van der Waals surface area (Å²) in [7, 11) is 0. The number of carboxylic acids is 1. The normalized spacial score (nSPS) is 16.1. The Morgan fingerprint density at radius 3 is 2.21 bits per heavy atom. The molecule has 10 heteroatoms. The van der Waals surface area contributed by atoms with Crippen LogP contribution in [0.2, 0.25) is 10.0 Å². The summed E-state index contributed by atoms with van der Waals surface area (Å²) in [5, 5.41) is 15.6. The maximum atomic E-state index is 13.0. The van der Waals surface area contributed by atoms with E-state index in [1.807, 2.05) is 0 Å². The average molecular weight is 494 g/mol. The number of hydrogen-bond acceptors (Lipinski definition) is 4. The molecular formula is C23H25Cl2N3O5. The van der Waals surface area contributed by atoms with Crippen molar-refractivity contribution in [2.24, 2.45) is 0 Å². The number of piperidine rings is 1. The van der Waals surface area contributed by atoms with Crippen molar-refractivity contribution in [1.82, 2.24) is 4.90 Å². The van der Waals surface area contributed by atoms with E-state index >= 15 is 0 Å². The van der Waals surface area contributed by atoms with E-state index in [9.17, 15) is 19.5 Å². The zero-order valence-electron chi connectivity index (χ0n) is 18.2. The molecule has 0 saturated carbocycles. The largest absolute Gasteiger partial charge is 0.480 e. The van der Waals surface area contributed by atoms with E-state index in [4.69, 9.17) is 27.9 Å². The summed E-state index contributed by atoms with van der Waals surface area (Å²) < 4.78 is 5.89. The lowest BCUT2D eigenvalue weighted by atomic mass is 9.98. The fraction of sp³-hybridized carbons (Fsp3) is 0.348. The second-order valence-electron chi connectivity index (χ2n) is 8.22. The van der Waals surface area contributed by atoms with E-state index in [0.29, 0.717) is 40.1 Å².